The lowest BCUT2D eigenvalue weighted by Crippen LogP contribution is -2.21. The lowest BCUT2D eigenvalue weighted by Gasteiger charge is -2.27. The molecule has 1 aliphatic heterocycles. The summed E-state index contributed by atoms with van der Waals surface area (Å²) in [6.07, 6.45) is 3.44. The molecule has 0 amide bonds. The molecule has 116 valence electrons. The van der Waals surface area contributed by atoms with Gasteiger partial charge >= 0.3 is 0 Å². The molecule has 0 radical (unpaired) electrons. The zero-order valence-corrected chi connectivity index (χ0v) is 12.7. The molecule has 0 spiro atoms. The minimum Gasteiger partial charge on any atom is -0.440 e. The smallest absolute Gasteiger partial charge is 0.205 e. The van der Waals surface area contributed by atoms with E-state index in [0.717, 1.165) is 21.9 Å². The fraction of sp³-hybridized carbons (Fsp3) is 0.0526. The lowest BCUT2D eigenvalue weighted by atomic mass is 9.83. The van der Waals surface area contributed by atoms with Crippen molar-refractivity contribution >= 4 is 16.5 Å². The normalized spacial score (nSPS) is 16.4. The molecule has 0 aliphatic carbocycles. The third-order valence-corrected chi connectivity index (χ3v) is 4.29. The maximum atomic E-state index is 9.57. The van der Waals surface area contributed by atoms with Crippen LogP contribution in [0.4, 0.5) is 5.69 Å². The summed E-state index contributed by atoms with van der Waals surface area (Å²) in [6.45, 7) is 0. The number of ether oxygens (including phenoxy) is 1. The molecule has 1 aliphatic rings. The number of hydrogen-bond acceptors (Lipinski definition) is 5. The highest BCUT2D eigenvalue weighted by molar-refractivity contribution is 5.98. The zero-order chi connectivity index (χ0) is 16.7. The van der Waals surface area contributed by atoms with Crippen LogP contribution in [-0.2, 0) is 0 Å². The summed E-state index contributed by atoms with van der Waals surface area (Å²) in [5.41, 5.74) is 14.9. The van der Waals surface area contributed by atoms with E-state index in [-0.39, 0.29) is 11.8 Å². The van der Waals surface area contributed by atoms with Gasteiger partial charge in [0, 0.05) is 34.4 Å². The van der Waals surface area contributed by atoms with Gasteiger partial charge in [-0.15, -0.1) is 0 Å². The number of nitrogens with zero attached hydrogens (tertiary/aromatic N) is 2. The molecule has 0 unspecified atom stereocenters. The van der Waals surface area contributed by atoms with Crippen LogP contribution in [0, 0.1) is 11.3 Å². The van der Waals surface area contributed by atoms with Crippen LogP contribution in [0.1, 0.15) is 17.0 Å². The van der Waals surface area contributed by atoms with Gasteiger partial charge in [-0.25, -0.2) is 0 Å². The molecule has 1 aromatic heterocycles. The first kappa shape index (κ1) is 14.1. The molecule has 0 saturated heterocycles. The number of nitrogen functional groups attached to an aromatic ring is 1. The molecule has 5 nitrogen and oxygen atoms in total. The van der Waals surface area contributed by atoms with E-state index in [1.807, 2.05) is 42.5 Å². The van der Waals surface area contributed by atoms with Crippen molar-refractivity contribution < 1.29 is 4.74 Å². The van der Waals surface area contributed by atoms with Crippen LogP contribution in [0.3, 0.4) is 0 Å². The topological polar surface area (TPSA) is 98.0 Å². The van der Waals surface area contributed by atoms with E-state index in [4.69, 9.17) is 16.2 Å². The van der Waals surface area contributed by atoms with Crippen LogP contribution in [-0.4, -0.2) is 4.98 Å². The third kappa shape index (κ3) is 1.97. The Morgan fingerprint density at radius 1 is 1.04 bits per heavy atom. The summed E-state index contributed by atoms with van der Waals surface area (Å²) in [5, 5.41) is 11.3. The van der Waals surface area contributed by atoms with Crippen LogP contribution in [0.15, 0.2) is 66.3 Å². The van der Waals surface area contributed by atoms with E-state index < -0.39 is 0 Å². The van der Waals surface area contributed by atoms with Crippen molar-refractivity contribution in [3.8, 4) is 11.8 Å². The van der Waals surface area contributed by atoms with Gasteiger partial charge in [0.05, 0.1) is 5.92 Å². The SMILES string of the molecule is N#CC1=C(N)Oc2c(ccc3c(N)cccc23)[C@@H]1c1cccnc1. The highest BCUT2D eigenvalue weighted by Gasteiger charge is 2.31. The van der Waals surface area contributed by atoms with Gasteiger partial charge in [0.25, 0.3) is 0 Å². The van der Waals surface area contributed by atoms with Gasteiger partial charge in [-0.05, 0) is 17.7 Å². The van der Waals surface area contributed by atoms with Gasteiger partial charge in [0.1, 0.15) is 17.4 Å². The number of hydrogen-bond donors (Lipinski definition) is 2. The Labute approximate surface area is 138 Å². The van der Waals surface area contributed by atoms with Gasteiger partial charge in [-0.1, -0.05) is 30.3 Å². The highest BCUT2D eigenvalue weighted by Crippen LogP contribution is 2.45. The molecule has 2 aromatic carbocycles. The zero-order valence-electron chi connectivity index (χ0n) is 12.7. The molecule has 3 aromatic rings. The van der Waals surface area contributed by atoms with Crippen molar-refractivity contribution in [1.82, 2.24) is 4.98 Å². The molecule has 5 heteroatoms. The van der Waals surface area contributed by atoms with Gasteiger partial charge in [-0.3, -0.25) is 4.98 Å². The molecule has 0 saturated carbocycles. The van der Waals surface area contributed by atoms with E-state index >= 15 is 0 Å². The van der Waals surface area contributed by atoms with Crippen LogP contribution < -0.4 is 16.2 Å². The summed E-state index contributed by atoms with van der Waals surface area (Å²) in [4.78, 5) is 4.17. The Morgan fingerprint density at radius 3 is 2.67 bits per heavy atom. The number of allylic oxidation sites excluding steroid dienone is 1. The van der Waals surface area contributed by atoms with E-state index in [0.29, 0.717) is 17.0 Å². The van der Waals surface area contributed by atoms with Crippen LogP contribution in [0.25, 0.3) is 10.8 Å². The van der Waals surface area contributed by atoms with Gasteiger partial charge in [0.15, 0.2) is 0 Å². The summed E-state index contributed by atoms with van der Waals surface area (Å²) in [6, 6.07) is 15.5. The average molecular weight is 314 g/mol. The van der Waals surface area contributed by atoms with Gasteiger partial charge in [-0.2, -0.15) is 5.26 Å². The monoisotopic (exact) mass is 314 g/mol. The predicted octanol–water partition coefficient (Wildman–Crippen LogP) is 3.04. The summed E-state index contributed by atoms with van der Waals surface area (Å²) < 4.78 is 5.81. The Balaban J connectivity index is 2.04. The van der Waals surface area contributed by atoms with Crippen molar-refractivity contribution in [2.24, 2.45) is 5.73 Å². The fourth-order valence-corrected chi connectivity index (χ4v) is 3.19. The quantitative estimate of drug-likeness (QED) is 0.673. The third-order valence-electron chi connectivity index (χ3n) is 4.29. The van der Waals surface area contributed by atoms with Crippen LogP contribution in [0.2, 0.25) is 0 Å². The van der Waals surface area contributed by atoms with Crippen molar-refractivity contribution in [2.45, 2.75) is 5.92 Å². The van der Waals surface area contributed by atoms with Crippen molar-refractivity contribution in [3.63, 3.8) is 0 Å². The number of anilines is 1. The van der Waals surface area contributed by atoms with E-state index in [2.05, 4.69) is 11.1 Å². The van der Waals surface area contributed by atoms with Crippen LogP contribution >= 0.6 is 0 Å². The first-order chi connectivity index (χ1) is 11.7. The second-order valence-corrected chi connectivity index (χ2v) is 5.64. The number of nitriles is 1. The van der Waals surface area contributed by atoms with Crippen molar-refractivity contribution in [3.05, 3.63) is 77.4 Å². The molecular formula is C19H14N4O. The van der Waals surface area contributed by atoms with E-state index in [9.17, 15) is 5.26 Å². The maximum Gasteiger partial charge on any atom is 0.205 e. The second kappa shape index (κ2) is 5.28. The molecule has 2 heterocycles. The number of pyridine rings is 1. The molecule has 4 N–H and O–H groups in total. The number of rotatable bonds is 1. The second-order valence-electron chi connectivity index (χ2n) is 5.64. The van der Waals surface area contributed by atoms with Gasteiger partial charge in [0.2, 0.25) is 5.88 Å². The first-order valence-electron chi connectivity index (χ1n) is 7.49. The van der Waals surface area contributed by atoms with Gasteiger partial charge < -0.3 is 16.2 Å². The Bertz CT molecular complexity index is 1020. The first-order valence-corrected chi connectivity index (χ1v) is 7.49. The molecule has 4 rings (SSSR count). The summed E-state index contributed by atoms with van der Waals surface area (Å²) >= 11 is 0. The Morgan fingerprint density at radius 2 is 1.92 bits per heavy atom. The summed E-state index contributed by atoms with van der Waals surface area (Å²) in [5.74, 6) is 0.456. The summed E-state index contributed by atoms with van der Waals surface area (Å²) in [7, 11) is 0. The standard InChI is InChI=1S/C19H14N4O/c20-9-15-17(11-3-2-8-23-10-11)14-7-6-12-13(4-1-5-16(12)21)18(14)24-19(15)22/h1-8,10,17H,21-22H2/t17-/m0/s1. The minimum atomic E-state index is -0.307. The maximum absolute atomic E-state index is 9.57. The van der Waals surface area contributed by atoms with E-state index in [1.54, 1.807) is 12.4 Å². The number of fused-ring (bicyclic) bond motifs is 3. The molecule has 0 fully saturated rings. The Hall–Kier alpha value is -3.52. The Kier molecular flexibility index (Phi) is 3.10. The van der Waals surface area contributed by atoms with Crippen molar-refractivity contribution in [2.75, 3.05) is 5.73 Å². The molecule has 0 bridgehead atoms. The number of nitrogens with two attached hydrogens (primary N) is 2. The van der Waals surface area contributed by atoms with Crippen molar-refractivity contribution in [1.29, 1.82) is 5.26 Å². The van der Waals surface area contributed by atoms with Crippen LogP contribution in [0.5, 0.6) is 5.75 Å². The molecular weight excluding hydrogens is 300 g/mol. The fourth-order valence-electron chi connectivity index (χ4n) is 3.19. The number of aromatic nitrogens is 1. The highest BCUT2D eigenvalue weighted by atomic mass is 16.5. The molecule has 1 atom stereocenters. The average Bonchev–Trinajstić information content (AvgIpc) is 2.61. The predicted molar refractivity (Wildman–Crippen MR) is 91.9 cm³/mol. The van der Waals surface area contributed by atoms with E-state index in [1.165, 1.54) is 0 Å². The minimum absolute atomic E-state index is 0.119. The lowest BCUT2D eigenvalue weighted by molar-refractivity contribution is 0.398. The molecule has 24 heavy (non-hydrogen) atoms. The number of benzene rings is 2. The largest absolute Gasteiger partial charge is 0.440 e.